The monoisotopic (exact) mass is 256 g/mol. The van der Waals surface area contributed by atoms with Gasteiger partial charge in [-0.25, -0.2) is 10.8 Å². The largest absolute Gasteiger partial charge is 0.352 e. The molecular formula is C11H17ClN4O. The summed E-state index contributed by atoms with van der Waals surface area (Å²) in [6.45, 7) is 2.78. The second-order valence-electron chi connectivity index (χ2n) is 3.66. The quantitative estimate of drug-likeness (QED) is 0.413. The molecule has 17 heavy (non-hydrogen) atoms. The zero-order valence-electron chi connectivity index (χ0n) is 9.79. The van der Waals surface area contributed by atoms with E-state index in [2.05, 4.69) is 22.7 Å². The van der Waals surface area contributed by atoms with Crippen molar-refractivity contribution in [2.75, 3.05) is 12.0 Å². The topological polar surface area (TPSA) is 80.0 Å². The van der Waals surface area contributed by atoms with Gasteiger partial charge < -0.3 is 10.7 Å². The summed E-state index contributed by atoms with van der Waals surface area (Å²) in [6.07, 6.45) is 4.65. The number of carbonyl (C=O) groups excluding carboxylic acids is 1. The Morgan fingerprint density at radius 2 is 2.29 bits per heavy atom. The van der Waals surface area contributed by atoms with Crippen molar-refractivity contribution >= 4 is 23.3 Å². The number of rotatable bonds is 6. The van der Waals surface area contributed by atoms with Crippen molar-refractivity contribution in [1.82, 2.24) is 10.3 Å². The molecule has 1 amide bonds. The standard InChI is InChI=1S/C11H17ClN4O/c1-2-3-4-5-14-11(17)8-6-9(12)10(16-13)15-7-8/h6-7H,2-5,13H2,1H3,(H,14,17)(H,15,16). The van der Waals surface area contributed by atoms with Gasteiger partial charge in [-0.2, -0.15) is 0 Å². The van der Waals surface area contributed by atoms with Gasteiger partial charge in [-0.15, -0.1) is 0 Å². The average molecular weight is 257 g/mol. The van der Waals surface area contributed by atoms with E-state index in [1.165, 1.54) is 6.20 Å². The van der Waals surface area contributed by atoms with E-state index in [0.29, 0.717) is 22.9 Å². The average Bonchev–Trinajstić information content (AvgIpc) is 2.34. The maximum Gasteiger partial charge on any atom is 0.252 e. The smallest absolute Gasteiger partial charge is 0.252 e. The minimum absolute atomic E-state index is 0.168. The summed E-state index contributed by atoms with van der Waals surface area (Å²) in [4.78, 5) is 15.6. The summed E-state index contributed by atoms with van der Waals surface area (Å²) in [5.41, 5.74) is 2.78. The molecule has 0 aliphatic carbocycles. The van der Waals surface area contributed by atoms with Gasteiger partial charge in [-0.05, 0) is 12.5 Å². The molecule has 0 aliphatic rings. The Hall–Kier alpha value is -1.33. The summed E-state index contributed by atoms with van der Waals surface area (Å²) in [7, 11) is 0. The molecule has 94 valence electrons. The van der Waals surface area contributed by atoms with E-state index < -0.39 is 0 Å². The maximum absolute atomic E-state index is 11.7. The highest BCUT2D eigenvalue weighted by Crippen LogP contribution is 2.18. The van der Waals surface area contributed by atoms with Gasteiger partial charge in [0.05, 0.1) is 10.6 Å². The SMILES string of the molecule is CCCCCNC(=O)c1cnc(NN)c(Cl)c1. The molecule has 0 fully saturated rings. The Labute approximate surface area is 106 Å². The van der Waals surface area contributed by atoms with Crippen LogP contribution in [0.4, 0.5) is 5.82 Å². The van der Waals surface area contributed by atoms with E-state index in [1.54, 1.807) is 6.07 Å². The number of pyridine rings is 1. The first-order chi connectivity index (χ1) is 8.19. The number of nitrogen functional groups attached to an aromatic ring is 1. The molecule has 6 heteroatoms. The van der Waals surface area contributed by atoms with Gasteiger partial charge in [-0.1, -0.05) is 31.4 Å². The van der Waals surface area contributed by atoms with Crippen molar-refractivity contribution in [2.24, 2.45) is 5.84 Å². The first-order valence-electron chi connectivity index (χ1n) is 5.59. The number of nitrogens with two attached hydrogens (primary N) is 1. The lowest BCUT2D eigenvalue weighted by Crippen LogP contribution is -2.24. The third-order valence-corrected chi connectivity index (χ3v) is 2.59. The Balaban J connectivity index is 2.54. The molecular weight excluding hydrogens is 240 g/mol. The number of unbranched alkanes of at least 4 members (excludes halogenated alkanes) is 2. The van der Waals surface area contributed by atoms with E-state index in [-0.39, 0.29) is 5.91 Å². The number of carbonyl (C=O) groups is 1. The van der Waals surface area contributed by atoms with Crippen molar-refractivity contribution in [3.8, 4) is 0 Å². The predicted octanol–water partition coefficient (Wildman–Crippen LogP) is 1.94. The van der Waals surface area contributed by atoms with Gasteiger partial charge in [0.15, 0.2) is 5.82 Å². The Morgan fingerprint density at radius 3 is 2.88 bits per heavy atom. The maximum atomic E-state index is 11.7. The van der Waals surface area contributed by atoms with E-state index in [9.17, 15) is 4.79 Å². The molecule has 0 unspecified atom stereocenters. The van der Waals surface area contributed by atoms with Crippen molar-refractivity contribution in [3.05, 3.63) is 22.8 Å². The lowest BCUT2D eigenvalue weighted by molar-refractivity contribution is 0.0952. The van der Waals surface area contributed by atoms with Crippen LogP contribution in [0.15, 0.2) is 12.3 Å². The van der Waals surface area contributed by atoms with Crippen LogP contribution >= 0.6 is 11.6 Å². The van der Waals surface area contributed by atoms with Crippen molar-refractivity contribution in [2.45, 2.75) is 26.2 Å². The van der Waals surface area contributed by atoms with Crippen molar-refractivity contribution in [1.29, 1.82) is 0 Å². The molecule has 5 nitrogen and oxygen atoms in total. The normalized spacial score (nSPS) is 10.1. The molecule has 1 rings (SSSR count). The molecule has 1 aromatic heterocycles. The summed E-state index contributed by atoms with van der Waals surface area (Å²) >= 11 is 5.87. The van der Waals surface area contributed by atoms with Crippen LogP contribution in [0.1, 0.15) is 36.5 Å². The molecule has 1 heterocycles. The number of hydrogen-bond acceptors (Lipinski definition) is 4. The Bertz CT molecular complexity index is 384. The number of nitrogens with one attached hydrogen (secondary N) is 2. The molecule has 0 atom stereocenters. The predicted molar refractivity (Wildman–Crippen MR) is 68.9 cm³/mol. The molecule has 0 bridgehead atoms. The molecule has 0 radical (unpaired) electrons. The van der Waals surface area contributed by atoms with Gasteiger partial charge in [0.25, 0.3) is 5.91 Å². The molecule has 0 saturated heterocycles. The number of hydrogen-bond donors (Lipinski definition) is 3. The fraction of sp³-hybridized carbons (Fsp3) is 0.455. The molecule has 0 saturated carbocycles. The van der Waals surface area contributed by atoms with Gasteiger partial charge in [-0.3, -0.25) is 4.79 Å². The zero-order valence-corrected chi connectivity index (χ0v) is 10.5. The van der Waals surface area contributed by atoms with Crippen molar-refractivity contribution in [3.63, 3.8) is 0 Å². The highest BCUT2D eigenvalue weighted by Gasteiger charge is 2.08. The van der Waals surface area contributed by atoms with E-state index >= 15 is 0 Å². The van der Waals surface area contributed by atoms with Gasteiger partial charge in [0.1, 0.15) is 0 Å². The second kappa shape index (κ2) is 7.09. The van der Waals surface area contributed by atoms with Gasteiger partial charge >= 0.3 is 0 Å². The summed E-state index contributed by atoms with van der Waals surface area (Å²) in [5, 5.41) is 3.14. The first-order valence-corrected chi connectivity index (χ1v) is 5.97. The number of hydrazine groups is 1. The van der Waals surface area contributed by atoms with Gasteiger partial charge in [0.2, 0.25) is 0 Å². The van der Waals surface area contributed by atoms with Crippen LogP contribution in [-0.2, 0) is 0 Å². The number of nitrogens with zero attached hydrogens (tertiary/aromatic N) is 1. The number of anilines is 1. The molecule has 0 spiro atoms. The van der Waals surface area contributed by atoms with Crippen LogP contribution in [0, 0.1) is 0 Å². The summed E-state index contributed by atoms with van der Waals surface area (Å²) < 4.78 is 0. The summed E-state index contributed by atoms with van der Waals surface area (Å²) in [5.74, 6) is 5.38. The highest BCUT2D eigenvalue weighted by molar-refractivity contribution is 6.33. The van der Waals surface area contributed by atoms with E-state index in [1.807, 2.05) is 0 Å². The van der Waals surface area contributed by atoms with Crippen LogP contribution in [0.2, 0.25) is 5.02 Å². The van der Waals surface area contributed by atoms with Crippen LogP contribution in [0.5, 0.6) is 0 Å². The van der Waals surface area contributed by atoms with Crippen LogP contribution < -0.4 is 16.6 Å². The van der Waals surface area contributed by atoms with Crippen molar-refractivity contribution < 1.29 is 4.79 Å². The molecule has 1 aromatic rings. The van der Waals surface area contributed by atoms with Crippen LogP contribution in [0.25, 0.3) is 0 Å². The number of aromatic nitrogens is 1. The molecule has 4 N–H and O–H groups in total. The van der Waals surface area contributed by atoms with E-state index in [0.717, 1.165) is 19.3 Å². The summed E-state index contributed by atoms with van der Waals surface area (Å²) in [6, 6.07) is 1.54. The fourth-order valence-electron chi connectivity index (χ4n) is 1.35. The minimum atomic E-state index is -0.168. The van der Waals surface area contributed by atoms with Gasteiger partial charge in [0, 0.05) is 12.7 Å². The minimum Gasteiger partial charge on any atom is -0.352 e. The highest BCUT2D eigenvalue weighted by atomic mass is 35.5. The van der Waals surface area contributed by atoms with Crippen LogP contribution in [-0.4, -0.2) is 17.4 Å². The third kappa shape index (κ3) is 4.20. The van der Waals surface area contributed by atoms with E-state index in [4.69, 9.17) is 17.4 Å². The third-order valence-electron chi connectivity index (χ3n) is 2.31. The Morgan fingerprint density at radius 1 is 1.53 bits per heavy atom. The zero-order chi connectivity index (χ0) is 12.7. The number of amides is 1. The first kappa shape index (κ1) is 13.7. The Kier molecular flexibility index (Phi) is 5.72. The van der Waals surface area contributed by atoms with Crippen LogP contribution in [0.3, 0.4) is 0 Å². The lowest BCUT2D eigenvalue weighted by Gasteiger charge is -2.06. The number of halogens is 1. The lowest BCUT2D eigenvalue weighted by atomic mass is 10.2. The second-order valence-corrected chi connectivity index (χ2v) is 4.07. The molecule has 0 aromatic carbocycles. The fourth-order valence-corrected chi connectivity index (χ4v) is 1.57. The molecule has 0 aliphatic heterocycles.